The minimum absolute atomic E-state index is 0.116. The number of benzene rings is 4. The first-order chi connectivity index (χ1) is 26.8. The largest absolute Gasteiger partial charge is 0.493 e. The molecule has 0 aromatic heterocycles. The van der Waals surface area contributed by atoms with Crippen LogP contribution in [0.3, 0.4) is 0 Å². The standard InChI is InChI=1S/C43H50N4O8/c1-45-13-11-27-21-35(49-3)38-24-31(27)33(45)19-26-7-9-30(10-8-26)54-37-23-29(32(25-36(37)50-4)44-43(48)47-15-17-53-18-16-47)20-34-40-28(12-14-46(34)2)22-39(51-5)41(52-6)42(40)55-38/h7-10,21-25,33-34H,11-20H2,1-6H3,(H,44,48)/t33-,34-/m0/s1. The normalized spacial score (nSPS) is 19.6. The number of rotatable bonds is 5. The van der Waals surface area contributed by atoms with Gasteiger partial charge in [-0.2, -0.15) is 0 Å². The lowest BCUT2D eigenvalue weighted by molar-refractivity contribution is 0.0564. The Morgan fingerprint density at radius 3 is 2.05 bits per heavy atom. The maximum Gasteiger partial charge on any atom is 0.322 e. The number of urea groups is 1. The lowest BCUT2D eigenvalue weighted by Gasteiger charge is -2.38. The van der Waals surface area contributed by atoms with Gasteiger partial charge in [0.25, 0.3) is 0 Å². The first-order valence-corrected chi connectivity index (χ1v) is 19.0. The van der Waals surface area contributed by atoms with E-state index in [0.29, 0.717) is 84.4 Å². The molecule has 9 rings (SSSR count). The van der Waals surface area contributed by atoms with Gasteiger partial charge in [0.15, 0.2) is 34.5 Å². The van der Waals surface area contributed by atoms with E-state index in [9.17, 15) is 4.79 Å². The second kappa shape index (κ2) is 15.5. The number of nitrogens with one attached hydrogen (secondary N) is 1. The molecule has 12 nitrogen and oxygen atoms in total. The number of morpholine rings is 1. The summed E-state index contributed by atoms with van der Waals surface area (Å²) < 4.78 is 43.2. The number of carbonyl (C=O) groups is 1. The molecule has 0 saturated carbocycles. The maximum atomic E-state index is 13.7. The van der Waals surface area contributed by atoms with Crippen molar-refractivity contribution < 1.29 is 38.0 Å². The number of hydrogen-bond acceptors (Lipinski definition) is 10. The third kappa shape index (κ3) is 7.10. The highest BCUT2D eigenvalue weighted by atomic mass is 16.5. The van der Waals surface area contributed by atoms with Crippen LogP contribution in [-0.2, 0) is 30.4 Å². The molecule has 12 heteroatoms. The van der Waals surface area contributed by atoms with Crippen LogP contribution >= 0.6 is 0 Å². The first-order valence-electron chi connectivity index (χ1n) is 19.0. The summed E-state index contributed by atoms with van der Waals surface area (Å²) in [7, 11) is 10.9. The molecule has 4 aromatic rings. The van der Waals surface area contributed by atoms with Crippen LogP contribution in [0.5, 0.6) is 46.0 Å². The van der Waals surface area contributed by atoms with Crippen molar-refractivity contribution in [1.29, 1.82) is 0 Å². The molecule has 5 aliphatic heterocycles. The predicted molar refractivity (Wildman–Crippen MR) is 209 cm³/mol. The molecule has 0 radical (unpaired) electrons. The number of anilines is 1. The number of nitrogens with zero attached hydrogens (tertiary/aromatic N) is 3. The van der Waals surface area contributed by atoms with Crippen LogP contribution in [0.15, 0.2) is 54.6 Å². The van der Waals surface area contributed by atoms with E-state index in [1.165, 1.54) is 16.7 Å². The lowest BCUT2D eigenvalue weighted by atomic mass is 9.86. The van der Waals surface area contributed by atoms with Crippen LogP contribution < -0.4 is 33.7 Å². The van der Waals surface area contributed by atoms with Gasteiger partial charge in [0, 0.05) is 55.6 Å². The van der Waals surface area contributed by atoms with Crippen LogP contribution in [0, 0.1) is 0 Å². The van der Waals surface area contributed by atoms with Gasteiger partial charge >= 0.3 is 6.03 Å². The topological polar surface area (TPSA) is 103 Å². The molecule has 4 aromatic carbocycles. The van der Waals surface area contributed by atoms with Gasteiger partial charge in [-0.25, -0.2) is 4.79 Å². The Bertz CT molecular complexity index is 2070. The van der Waals surface area contributed by atoms with E-state index < -0.39 is 0 Å². The molecular formula is C43H50N4O8. The molecule has 2 atom stereocenters. The van der Waals surface area contributed by atoms with Gasteiger partial charge < -0.3 is 43.4 Å². The average molecular weight is 751 g/mol. The molecule has 2 amide bonds. The SMILES string of the molecule is COc1cc(NC(=O)N2CCOCC2)c2cc1Oc1ccc(cc1)C[C@H]1c3cc(c(OC)cc3CCN1C)Oc1c(OC)c(OC)cc3c1[C@H](C2)N(C)CC3. The molecule has 290 valence electrons. The van der Waals surface area contributed by atoms with Crippen molar-refractivity contribution in [3.8, 4) is 46.0 Å². The lowest BCUT2D eigenvalue weighted by Crippen LogP contribution is -2.43. The van der Waals surface area contributed by atoms with Crippen LogP contribution in [0.25, 0.3) is 0 Å². The van der Waals surface area contributed by atoms with Crippen molar-refractivity contribution in [3.63, 3.8) is 0 Å². The average Bonchev–Trinajstić information content (AvgIpc) is 3.21. The van der Waals surface area contributed by atoms with Crippen LogP contribution in [-0.4, -0.2) is 103 Å². The summed E-state index contributed by atoms with van der Waals surface area (Å²) >= 11 is 0. The number of fused-ring (bicyclic) bond motifs is 2. The molecule has 55 heavy (non-hydrogen) atoms. The van der Waals surface area contributed by atoms with Crippen molar-refractivity contribution in [3.05, 3.63) is 88.0 Å². The van der Waals surface area contributed by atoms with Crippen molar-refractivity contribution in [2.45, 2.75) is 37.8 Å². The third-order valence-electron chi connectivity index (χ3n) is 11.5. The number of carbonyl (C=O) groups excluding carboxylic acids is 1. The molecule has 0 unspecified atom stereocenters. The molecule has 5 aliphatic rings. The highest BCUT2D eigenvalue weighted by molar-refractivity contribution is 5.91. The van der Waals surface area contributed by atoms with E-state index in [-0.39, 0.29) is 18.1 Å². The Morgan fingerprint density at radius 1 is 0.691 bits per heavy atom. The Morgan fingerprint density at radius 2 is 1.35 bits per heavy atom. The second-order valence-corrected chi connectivity index (χ2v) is 14.7. The fourth-order valence-corrected chi connectivity index (χ4v) is 8.42. The molecule has 0 aliphatic carbocycles. The predicted octanol–water partition coefficient (Wildman–Crippen LogP) is 7.03. The zero-order valence-electron chi connectivity index (χ0n) is 32.5. The summed E-state index contributed by atoms with van der Waals surface area (Å²) in [6, 6.07) is 18.2. The summed E-state index contributed by atoms with van der Waals surface area (Å²) in [5.41, 5.74) is 7.23. The highest BCUT2D eigenvalue weighted by Gasteiger charge is 2.35. The van der Waals surface area contributed by atoms with Crippen molar-refractivity contribution in [1.82, 2.24) is 14.7 Å². The summed E-state index contributed by atoms with van der Waals surface area (Å²) in [4.78, 5) is 20.2. The van der Waals surface area contributed by atoms with E-state index in [1.807, 2.05) is 24.3 Å². The molecule has 5 heterocycles. The number of hydrogen-bond donors (Lipinski definition) is 1. The monoisotopic (exact) mass is 750 g/mol. The van der Waals surface area contributed by atoms with Crippen LogP contribution in [0.1, 0.15) is 45.5 Å². The van der Waals surface area contributed by atoms with Crippen LogP contribution in [0.2, 0.25) is 0 Å². The fourth-order valence-electron chi connectivity index (χ4n) is 8.42. The molecular weight excluding hydrogens is 700 g/mol. The Labute approximate surface area is 322 Å². The minimum atomic E-state index is -0.195. The summed E-state index contributed by atoms with van der Waals surface area (Å²) in [6.45, 7) is 3.75. The molecule has 0 spiro atoms. The molecule has 1 N–H and O–H groups in total. The van der Waals surface area contributed by atoms with Gasteiger partial charge in [-0.15, -0.1) is 0 Å². The summed E-state index contributed by atoms with van der Waals surface area (Å²) in [5, 5.41) is 3.21. The van der Waals surface area contributed by atoms with Crippen molar-refractivity contribution in [2.75, 3.05) is 87.2 Å². The Kier molecular flexibility index (Phi) is 10.4. The van der Waals surface area contributed by atoms with Gasteiger partial charge in [0.1, 0.15) is 5.75 Å². The van der Waals surface area contributed by atoms with Gasteiger partial charge in [-0.1, -0.05) is 12.1 Å². The molecule has 1 fully saturated rings. The zero-order chi connectivity index (χ0) is 38.2. The van der Waals surface area contributed by atoms with E-state index >= 15 is 0 Å². The van der Waals surface area contributed by atoms with Gasteiger partial charge in [-0.05, 0) is 104 Å². The Hall–Kier alpha value is -5.17. The quantitative estimate of drug-likeness (QED) is 0.229. The highest BCUT2D eigenvalue weighted by Crippen LogP contribution is 2.52. The third-order valence-corrected chi connectivity index (χ3v) is 11.5. The van der Waals surface area contributed by atoms with E-state index in [4.69, 9.17) is 33.2 Å². The summed E-state index contributed by atoms with van der Waals surface area (Å²) in [5.74, 6) is 4.69. The molecule has 6 bridgehead atoms. The number of amides is 2. The van der Waals surface area contributed by atoms with Gasteiger partial charge in [0.2, 0.25) is 5.75 Å². The summed E-state index contributed by atoms with van der Waals surface area (Å²) in [6.07, 6.45) is 2.98. The second-order valence-electron chi connectivity index (χ2n) is 14.7. The van der Waals surface area contributed by atoms with E-state index in [2.05, 4.69) is 59.5 Å². The van der Waals surface area contributed by atoms with Crippen LogP contribution in [0.4, 0.5) is 10.5 Å². The van der Waals surface area contributed by atoms with Gasteiger partial charge in [0.05, 0.1) is 41.7 Å². The molecule has 1 saturated heterocycles. The smallest absolute Gasteiger partial charge is 0.322 e. The fraction of sp³-hybridized carbons (Fsp3) is 0.419. The number of likely N-dealkylation sites (N-methyl/N-ethyl adjacent to an activating group) is 2. The van der Waals surface area contributed by atoms with Crippen molar-refractivity contribution >= 4 is 11.7 Å². The van der Waals surface area contributed by atoms with E-state index in [0.717, 1.165) is 49.0 Å². The number of ether oxygens (including phenoxy) is 7. The maximum absolute atomic E-state index is 13.7. The van der Waals surface area contributed by atoms with Crippen molar-refractivity contribution in [2.24, 2.45) is 0 Å². The Balaban J connectivity index is 1.34. The number of methoxy groups -OCH3 is 4. The van der Waals surface area contributed by atoms with Gasteiger partial charge in [-0.3, -0.25) is 9.80 Å². The van der Waals surface area contributed by atoms with E-state index in [1.54, 1.807) is 33.3 Å². The minimum Gasteiger partial charge on any atom is -0.493 e. The first kappa shape index (κ1) is 36.8. The zero-order valence-corrected chi connectivity index (χ0v) is 32.5.